The molecule has 0 saturated carbocycles. The topological polar surface area (TPSA) is 93.1 Å². The minimum atomic E-state index is -2.99. The molecule has 0 radical (unpaired) electrons. The molecule has 1 fully saturated rings. The van der Waals surface area contributed by atoms with Gasteiger partial charge in [0.05, 0.1) is 12.7 Å². The summed E-state index contributed by atoms with van der Waals surface area (Å²) in [6.45, 7) is 7.04. The van der Waals surface area contributed by atoms with E-state index in [1.165, 1.54) is 0 Å². The van der Waals surface area contributed by atoms with Gasteiger partial charge in [-0.05, 0) is 86.9 Å². The minimum Gasteiger partial charge on any atom is -0.508 e. The zero-order chi connectivity index (χ0) is 39.7. The van der Waals surface area contributed by atoms with Crippen LogP contribution >= 0.6 is 0 Å². The quantitative estimate of drug-likeness (QED) is 0.0838. The highest BCUT2D eigenvalue weighted by atomic mass is 28.4. The number of Topliss-reactive ketones (excluding diaryl/α,β-unsaturated/α-hetero) is 2. The van der Waals surface area contributed by atoms with Crippen LogP contribution in [0.1, 0.15) is 71.9 Å². The molecular formula is C49H49BO6Si. The Hall–Kier alpha value is -5.12. The van der Waals surface area contributed by atoms with Crippen LogP contribution in [0.4, 0.5) is 0 Å². The van der Waals surface area contributed by atoms with E-state index in [1.807, 2.05) is 54.6 Å². The maximum absolute atomic E-state index is 14.5. The average molecular weight is 773 g/mol. The normalized spacial score (nSPS) is 21.2. The number of aromatic hydroxyl groups is 1. The van der Waals surface area contributed by atoms with Gasteiger partial charge in [-0.2, -0.15) is 0 Å². The lowest BCUT2D eigenvalue weighted by atomic mass is 9.54. The summed E-state index contributed by atoms with van der Waals surface area (Å²) < 4.78 is 14.1. The van der Waals surface area contributed by atoms with Crippen LogP contribution in [0.15, 0.2) is 151 Å². The summed E-state index contributed by atoms with van der Waals surface area (Å²) in [5.41, 5.74) is 6.05. The van der Waals surface area contributed by atoms with Gasteiger partial charge in [-0.15, -0.1) is 0 Å². The molecule has 4 atom stereocenters. The molecule has 8 heteroatoms. The molecule has 0 spiro atoms. The Labute approximate surface area is 337 Å². The summed E-state index contributed by atoms with van der Waals surface area (Å²) in [6, 6.07) is 45.6. The van der Waals surface area contributed by atoms with Crippen molar-refractivity contribution in [1.29, 1.82) is 0 Å². The van der Waals surface area contributed by atoms with Gasteiger partial charge in [0.2, 0.25) is 0 Å². The predicted molar refractivity (Wildman–Crippen MR) is 230 cm³/mol. The Balaban J connectivity index is 1.24. The summed E-state index contributed by atoms with van der Waals surface area (Å²) in [7, 11) is -4.08. The lowest BCUT2D eigenvalue weighted by Gasteiger charge is -2.48. The number of rotatable bonds is 10. The second kappa shape index (κ2) is 16.0. The number of phenols is 1. The molecule has 1 aliphatic heterocycles. The summed E-state index contributed by atoms with van der Waals surface area (Å²) >= 11 is 0. The first kappa shape index (κ1) is 38.7. The number of benzene rings is 5. The van der Waals surface area contributed by atoms with E-state index in [0.29, 0.717) is 30.4 Å². The third kappa shape index (κ3) is 7.43. The number of phenolic OH excluding ortho intramolecular Hbond substituents is 1. The largest absolute Gasteiger partial charge is 0.508 e. The van der Waals surface area contributed by atoms with E-state index < -0.39 is 33.4 Å². The second-order valence-corrected chi connectivity index (χ2v) is 21.0. The van der Waals surface area contributed by atoms with Crippen molar-refractivity contribution in [1.82, 2.24) is 0 Å². The van der Waals surface area contributed by atoms with Crippen molar-refractivity contribution >= 4 is 49.0 Å². The molecule has 6 nitrogen and oxygen atoms in total. The highest BCUT2D eigenvalue weighted by Crippen LogP contribution is 2.51. The van der Waals surface area contributed by atoms with E-state index in [2.05, 4.69) is 87.5 Å². The van der Waals surface area contributed by atoms with Gasteiger partial charge in [0.25, 0.3) is 8.32 Å². The predicted octanol–water partition coefficient (Wildman–Crippen LogP) is 8.80. The molecule has 8 rings (SSSR count). The standard InChI is InChI=1S/C49H49BO6Si/c1-49(2,3)57(38-17-9-5-10-18-38,39-19-11-6-12-20-39)55-32-36-30-42-46(48(53)41-22-14-13-21-40(41)47(42)52)43-31-50(54)56-44(45(36)43)28-25-35(34-15-7-4-8-16-34)29-33-23-26-37(51)27-24-33/h4-24,26-27,29,42-44,46,51,54H,25,28,30-32H2,1-3H3/b35-29-/t42-,43+,44-,46-/m1/s1. The van der Waals surface area contributed by atoms with Crippen molar-refractivity contribution in [3.05, 3.63) is 173 Å². The van der Waals surface area contributed by atoms with Crippen molar-refractivity contribution in [3.8, 4) is 5.75 Å². The fourth-order valence-corrected chi connectivity index (χ4v) is 14.3. The lowest BCUT2D eigenvalue weighted by molar-refractivity contribution is 0.0592. The summed E-state index contributed by atoms with van der Waals surface area (Å²) in [4.78, 5) is 28.9. The molecule has 5 aromatic rings. The van der Waals surface area contributed by atoms with Crippen LogP contribution in [0, 0.1) is 17.8 Å². The van der Waals surface area contributed by atoms with Crippen LogP contribution < -0.4 is 10.4 Å². The monoisotopic (exact) mass is 772 g/mol. The Morgan fingerprint density at radius 1 is 0.772 bits per heavy atom. The van der Waals surface area contributed by atoms with Gasteiger partial charge in [-0.25, -0.2) is 0 Å². The Bertz CT molecular complexity index is 2260. The van der Waals surface area contributed by atoms with Gasteiger partial charge in [0.1, 0.15) is 5.75 Å². The van der Waals surface area contributed by atoms with E-state index in [9.17, 15) is 19.7 Å². The Morgan fingerprint density at radius 3 is 1.93 bits per heavy atom. The first-order chi connectivity index (χ1) is 27.5. The van der Waals surface area contributed by atoms with Gasteiger partial charge in [0, 0.05) is 23.0 Å². The number of hydrogen-bond donors (Lipinski definition) is 2. The van der Waals surface area contributed by atoms with Crippen LogP contribution in [0.3, 0.4) is 0 Å². The van der Waals surface area contributed by atoms with Crippen LogP contribution in [0.2, 0.25) is 11.4 Å². The van der Waals surface area contributed by atoms with E-state index in [1.54, 1.807) is 24.3 Å². The highest BCUT2D eigenvalue weighted by Gasteiger charge is 2.55. The third-order valence-corrected chi connectivity index (χ3v) is 17.3. The lowest BCUT2D eigenvalue weighted by Crippen LogP contribution is -2.66. The maximum Gasteiger partial charge on any atom is 0.455 e. The van der Waals surface area contributed by atoms with Crippen molar-refractivity contribution < 1.29 is 28.8 Å². The number of fused-ring (bicyclic) bond motifs is 4. The van der Waals surface area contributed by atoms with Crippen LogP contribution in [0.25, 0.3) is 11.6 Å². The number of ketones is 2. The van der Waals surface area contributed by atoms with E-state index >= 15 is 0 Å². The van der Waals surface area contributed by atoms with Crippen LogP contribution in [-0.4, -0.2) is 49.8 Å². The first-order valence-corrected chi connectivity index (χ1v) is 22.0. The van der Waals surface area contributed by atoms with Gasteiger partial charge in [0.15, 0.2) is 11.6 Å². The fourth-order valence-electron chi connectivity index (χ4n) is 9.77. The van der Waals surface area contributed by atoms with Crippen LogP contribution in [-0.2, 0) is 9.08 Å². The molecule has 2 N–H and O–H groups in total. The van der Waals surface area contributed by atoms with Gasteiger partial charge < -0.3 is 19.2 Å². The van der Waals surface area contributed by atoms with Crippen molar-refractivity contribution in [3.63, 3.8) is 0 Å². The maximum atomic E-state index is 14.5. The Kier molecular flexibility index (Phi) is 10.9. The molecule has 5 aromatic carbocycles. The second-order valence-electron chi connectivity index (χ2n) is 16.7. The molecular weight excluding hydrogens is 723 g/mol. The first-order valence-electron chi connectivity index (χ1n) is 20.1. The van der Waals surface area contributed by atoms with Crippen LogP contribution in [0.5, 0.6) is 5.75 Å². The summed E-state index contributed by atoms with van der Waals surface area (Å²) in [5.74, 6) is -1.38. The molecule has 3 aliphatic rings. The number of carbonyl (C=O) groups is 2. The molecule has 0 unspecified atom stereocenters. The zero-order valence-electron chi connectivity index (χ0n) is 32.8. The number of carbonyl (C=O) groups excluding carboxylic acids is 2. The molecule has 1 saturated heterocycles. The zero-order valence-corrected chi connectivity index (χ0v) is 33.8. The van der Waals surface area contributed by atoms with Gasteiger partial charge in [-0.1, -0.05) is 154 Å². The Morgan fingerprint density at radius 2 is 1.33 bits per heavy atom. The van der Waals surface area contributed by atoms with E-state index in [0.717, 1.165) is 38.2 Å². The number of allylic oxidation sites excluding steroid dienone is 1. The highest BCUT2D eigenvalue weighted by molar-refractivity contribution is 6.99. The average Bonchev–Trinajstić information content (AvgIpc) is 3.22. The van der Waals surface area contributed by atoms with Crippen molar-refractivity contribution in [2.24, 2.45) is 17.8 Å². The van der Waals surface area contributed by atoms with Crippen molar-refractivity contribution in [2.45, 2.75) is 57.5 Å². The van der Waals surface area contributed by atoms with E-state index in [4.69, 9.17) is 9.08 Å². The molecule has 288 valence electrons. The van der Waals surface area contributed by atoms with Gasteiger partial charge >= 0.3 is 7.12 Å². The van der Waals surface area contributed by atoms with E-state index in [-0.39, 0.29) is 41.2 Å². The molecule has 0 aromatic heterocycles. The minimum absolute atomic E-state index is 0.0158. The smallest absolute Gasteiger partial charge is 0.455 e. The van der Waals surface area contributed by atoms with Gasteiger partial charge in [-0.3, -0.25) is 9.59 Å². The molecule has 0 amide bonds. The summed E-state index contributed by atoms with van der Waals surface area (Å²) in [6.07, 6.45) is 3.39. The summed E-state index contributed by atoms with van der Waals surface area (Å²) in [5, 5.41) is 23.5. The number of hydrogen-bond acceptors (Lipinski definition) is 6. The third-order valence-electron chi connectivity index (χ3n) is 12.3. The SMILES string of the molecule is CC(C)(C)[Si](OCC1=C2[C@@H](CC/C(=C/c3ccc(O)cc3)c3ccccc3)OB(O)C[C@@H]2[C@@H]2C(=O)c3ccccc3C(=O)[C@@H]2C1)(c1ccccc1)c1ccccc1. The fraction of sp³-hybridized carbons (Fsp3) is 0.265. The van der Waals surface area contributed by atoms with Crippen molar-refractivity contribution in [2.75, 3.05) is 6.61 Å². The molecule has 2 aliphatic carbocycles. The molecule has 57 heavy (non-hydrogen) atoms. The molecule has 1 heterocycles. The molecule has 0 bridgehead atoms.